The summed E-state index contributed by atoms with van der Waals surface area (Å²) in [7, 11) is 1.64. The van der Waals surface area contributed by atoms with Gasteiger partial charge in [0.15, 0.2) is 0 Å². The highest BCUT2D eigenvalue weighted by atomic mass is 79.9. The van der Waals surface area contributed by atoms with Crippen molar-refractivity contribution in [3.8, 4) is 5.75 Å². The maximum absolute atomic E-state index is 10.4. The number of rotatable bonds is 3. The van der Waals surface area contributed by atoms with Crippen molar-refractivity contribution in [1.29, 1.82) is 0 Å². The normalized spacial score (nSPS) is 16.4. The number of aryl methyl sites for hydroxylation is 1. The number of nitrogens with zero attached hydrogens (tertiary/aromatic N) is 1. The van der Waals surface area contributed by atoms with Crippen LogP contribution in [0, 0.1) is 6.92 Å². The number of aliphatic imine (C=N–C) groups is 1. The van der Waals surface area contributed by atoms with E-state index in [0.717, 1.165) is 34.2 Å². The third-order valence-corrected chi connectivity index (χ3v) is 3.77. The lowest BCUT2D eigenvalue weighted by molar-refractivity contribution is 0.407. The first-order chi connectivity index (χ1) is 7.64. The van der Waals surface area contributed by atoms with Crippen LogP contribution in [0.15, 0.2) is 21.6 Å². The zero-order valence-electron chi connectivity index (χ0n) is 9.21. The highest BCUT2D eigenvalue weighted by molar-refractivity contribution is 9.10. The second-order valence-electron chi connectivity index (χ2n) is 4.01. The standard InChI is InChI=1S/C12H12BrNO2/c1-8-3-4-9(10(13)11(8)16-2)12(5-6-12)14-7-15/h3-4H,5-6H2,1-2H3. The second-order valence-corrected chi connectivity index (χ2v) is 4.80. The Kier molecular flexibility index (Phi) is 2.87. The van der Waals surface area contributed by atoms with Gasteiger partial charge in [0.05, 0.1) is 17.1 Å². The van der Waals surface area contributed by atoms with E-state index in [2.05, 4.69) is 20.9 Å². The number of hydrogen-bond acceptors (Lipinski definition) is 3. The van der Waals surface area contributed by atoms with Crippen molar-refractivity contribution in [3.63, 3.8) is 0 Å². The van der Waals surface area contributed by atoms with Gasteiger partial charge in [-0.1, -0.05) is 12.1 Å². The van der Waals surface area contributed by atoms with Crippen molar-refractivity contribution in [3.05, 3.63) is 27.7 Å². The highest BCUT2D eigenvalue weighted by Gasteiger charge is 2.46. The van der Waals surface area contributed by atoms with E-state index in [1.807, 2.05) is 19.1 Å². The van der Waals surface area contributed by atoms with Crippen LogP contribution < -0.4 is 4.74 Å². The summed E-state index contributed by atoms with van der Waals surface area (Å²) in [5.74, 6) is 0.810. The number of isocyanates is 1. The van der Waals surface area contributed by atoms with Gasteiger partial charge in [-0.2, -0.15) is 4.99 Å². The lowest BCUT2D eigenvalue weighted by atomic mass is 10.0. The molecule has 1 fully saturated rings. The molecule has 84 valence electrons. The lowest BCUT2D eigenvalue weighted by Gasteiger charge is -2.15. The van der Waals surface area contributed by atoms with Crippen LogP contribution in [0.5, 0.6) is 5.75 Å². The van der Waals surface area contributed by atoms with Gasteiger partial charge in [-0.25, -0.2) is 4.79 Å². The van der Waals surface area contributed by atoms with Crippen LogP contribution >= 0.6 is 15.9 Å². The molecule has 1 aromatic rings. The van der Waals surface area contributed by atoms with Gasteiger partial charge in [-0.3, -0.25) is 0 Å². The highest BCUT2D eigenvalue weighted by Crippen LogP contribution is 2.53. The topological polar surface area (TPSA) is 38.7 Å². The molecule has 3 nitrogen and oxygen atoms in total. The summed E-state index contributed by atoms with van der Waals surface area (Å²) in [5.41, 5.74) is 1.71. The maximum atomic E-state index is 10.4. The van der Waals surface area contributed by atoms with Crippen LogP contribution in [0.3, 0.4) is 0 Å². The number of methoxy groups -OCH3 is 1. The summed E-state index contributed by atoms with van der Waals surface area (Å²) < 4.78 is 6.23. The number of hydrogen-bond donors (Lipinski definition) is 0. The summed E-state index contributed by atoms with van der Waals surface area (Å²) in [5, 5.41) is 0. The third-order valence-electron chi connectivity index (χ3n) is 2.98. The lowest BCUT2D eigenvalue weighted by Crippen LogP contribution is -2.05. The monoisotopic (exact) mass is 281 g/mol. The van der Waals surface area contributed by atoms with Crippen LogP contribution in [0.1, 0.15) is 24.0 Å². The van der Waals surface area contributed by atoms with Gasteiger partial charge < -0.3 is 4.74 Å². The van der Waals surface area contributed by atoms with E-state index >= 15 is 0 Å². The Morgan fingerprint density at radius 2 is 2.19 bits per heavy atom. The molecule has 0 saturated heterocycles. The molecule has 1 aliphatic carbocycles. The van der Waals surface area contributed by atoms with Crippen molar-refractivity contribution in [1.82, 2.24) is 0 Å². The first-order valence-electron chi connectivity index (χ1n) is 5.07. The Morgan fingerprint density at radius 3 is 2.69 bits per heavy atom. The Labute approximate surface area is 103 Å². The minimum absolute atomic E-state index is 0.360. The molecule has 0 spiro atoms. The van der Waals surface area contributed by atoms with Crippen LogP contribution in [0.4, 0.5) is 0 Å². The van der Waals surface area contributed by atoms with Crippen LogP contribution in [-0.4, -0.2) is 13.2 Å². The smallest absolute Gasteiger partial charge is 0.235 e. The molecule has 1 aliphatic rings. The van der Waals surface area contributed by atoms with E-state index in [4.69, 9.17) is 4.74 Å². The molecule has 0 unspecified atom stereocenters. The molecule has 0 aromatic heterocycles. The molecule has 0 heterocycles. The Balaban J connectivity index is 2.55. The fourth-order valence-corrected chi connectivity index (χ4v) is 2.89. The second kappa shape index (κ2) is 4.04. The summed E-state index contributed by atoms with van der Waals surface area (Å²) in [6.45, 7) is 1.98. The molecular formula is C12H12BrNO2. The van der Waals surface area contributed by atoms with Crippen molar-refractivity contribution >= 4 is 22.0 Å². The van der Waals surface area contributed by atoms with Gasteiger partial charge in [0.2, 0.25) is 6.08 Å². The van der Waals surface area contributed by atoms with Crippen molar-refractivity contribution in [2.75, 3.05) is 7.11 Å². The van der Waals surface area contributed by atoms with Crippen molar-refractivity contribution < 1.29 is 9.53 Å². The quantitative estimate of drug-likeness (QED) is 0.631. The SMILES string of the molecule is COc1c(C)ccc(C2(N=C=O)CC2)c1Br. The summed E-state index contributed by atoms with van der Waals surface area (Å²) in [6.07, 6.45) is 3.45. The maximum Gasteiger partial charge on any atom is 0.235 e. The van der Waals surface area contributed by atoms with E-state index in [0.29, 0.717) is 0 Å². The van der Waals surface area contributed by atoms with Crippen molar-refractivity contribution in [2.45, 2.75) is 25.3 Å². The summed E-state index contributed by atoms with van der Waals surface area (Å²) in [4.78, 5) is 14.3. The molecule has 0 amide bonds. The van der Waals surface area contributed by atoms with E-state index in [9.17, 15) is 4.79 Å². The molecule has 0 aliphatic heterocycles. The molecule has 0 bridgehead atoms. The van der Waals surface area contributed by atoms with Crippen LogP contribution in [0.2, 0.25) is 0 Å². The Bertz CT molecular complexity index is 474. The number of ether oxygens (including phenoxy) is 1. The van der Waals surface area contributed by atoms with Gasteiger partial charge in [0, 0.05) is 0 Å². The van der Waals surface area contributed by atoms with Crippen LogP contribution in [-0.2, 0) is 10.3 Å². The minimum Gasteiger partial charge on any atom is -0.495 e. The van der Waals surface area contributed by atoms with E-state index in [1.54, 1.807) is 13.2 Å². The number of benzene rings is 1. The van der Waals surface area contributed by atoms with E-state index < -0.39 is 0 Å². The molecule has 1 aromatic carbocycles. The van der Waals surface area contributed by atoms with E-state index in [-0.39, 0.29) is 5.54 Å². The predicted molar refractivity (Wildman–Crippen MR) is 64.5 cm³/mol. The zero-order valence-corrected chi connectivity index (χ0v) is 10.8. The third kappa shape index (κ3) is 1.68. The minimum atomic E-state index is -0.360. The molecular weight excluding hydrogens is 270 g/mol. The fourth-order valence-electron chi connectivity index (χ4n) is 1.91. The molecule has 0 atom stereocenters. The van der Waals surface area contributed by atoms with Gasteiger partial charge >= 0.3 is 0 Å². The molecule has 4 heteroatoms. The van der Waals surface area contributed by atoms with Gasteiger partial charge in [-0.05, 0) is 46.8 Å². The average Bonchev–Trinajstić information content (AvgIpc) is 3.00. The molecule has 2 rings (SSSR count). The van der Waals surface area contributed by atoms with Gasteiger partial charge in [0.1, 0.15) is 5.75 Å². The molecule has 0 N–H and O–H groups in total. The fraction of sp³-hybridized carbons (Fsp3) is 0.417. The molecule has 1 saturated carbocycles. The first kappa shape index (κ1) is 11.4. The first-order valence-corrected chi connectivity index (χ1v) is 5.86. The average molecular weight is 282 g/mol. The largest absolute Gasteiger partial charge is 0.495 e. The molecule has 16 heavy (non-hydrogen) atoms. The van der Waals surface area contributed by atoms with Gasteiger partial charge in [-0.15, -0.1) is 0 Å². The van der Waals surface area contributed by atoms with Gasteiger partial charge in [0.25, 0.3) is 0 Å². The van der Waals surface area contributed by atoms with Crippen molar-refractivity contribution in [2.24, 2.45) is 4.99 Å². The zero-order chi connectivity index (χ0) is 11.8. The number of halogens is 1. The van der Waals surface area contributed by atoms with Crippen LogP contribution in [0.25, 0.3) is 0 Å². The molecule has 0 radical (unpaired) electrons. The Hall–Kier alpha value is -1.12. The Morgan fingerprint density at radius 1 is 1.50 bits per heavy atom. The number of carbonyl (C=O) groups excluding carboxylic acids is 1. The van der Waals surface area contributed by atoms with E-state index in [1.165, 1.54) is 0 Å². The summed E-state index contributed by atoms with van der Waals surface area (Å²) in [6, 6.07) is 3.98. The predicted octanol–water partition coefficient (Wildman–Crippen LogP) is 3.09. The summed E-state index contributed by atoms with van der Waals surface area (Å²) >= 11 is 3.52.